The molecule has 0 bridgehead atoms. The van der Waals surface area contributed by atoms with Crippen LogP contribution in [0.5, 0.6) is 0 Å². The number of aromatic amines is 1. The van der Waals surface area contributed by atoms with Gasteiger partial charge in [-0.3, -0.25) is 0 Å². The van der Waals surface area contributed by atoms with Gasteiger partial charge in [0.15, 0.2) is 0 Å². The molecule has 0 amide bonds. The van der Waals surface area contributed by atoms with E-state index >= 15 is 0 Å². The van der Waals surface area contributed by atoms with Crippen LogP contribution in [-0.4, -0.2) is 4.98 Å². The highest BCUT2D eigenvalue weighted by Crippen LogP contribution is 2.30. The molecular weight excluding hydrogens is 279 g/mol. The molecule has 0 saturated carbocycles. The second-order valence-electron chi connectivity index (χ2n) is 4.31. The second-order valence-corrected chi connectivity index (χ2v) is 5.10. The van der Waals surface area contributed by atoms with Gasteiger partial charge in [0.05, 0.1) is 21.2 Å². The first-order valence-electron chi connectivity index (χ1n) is 5.98. The summed E-state index contributed by atoms with van der Waals surface area (Å²) in [6.45, 7) is 0.692. The Morgan fingerprint density at radius 1 is 1.00 bits per heavy atom. The Morgan fingerprint density at radius 2 is 1.84 bits per heavy atom. The highest BCUT2D eigenvalue weighted by molar-refractivity contribution is 6.43. The number of fused-ring (bicyclic) bond motifs is 1. The summed E-state index contributed by atoms with van der Waals surface area (Å²) in [5, 5.41) is 5.64. The molecule has 0 unspecified atom stereocenters. The summed E-state index contributed by atoms with van der Waals surface area (Å²) < 4.78 is 0. The monoisotopic (exact) mass is 290 g/mol. The number of para-hydroxylation sites is 1. The number of rotatable bonds is 3. The summed E-state index contributed by atoms with van der Waals surface area (Å²) in [6, 6.07) is 13.9. The molecule has 0 aliphatic heterocycles. The Morgan fingerprint density at radius 3 is 2.74 bits per heavy atom. The molecule has 3 rings (SSSR count). The Kier molecular flexibility index (Phi) is 3.36. The lowest BCUT2D eigenvalue weighted by Gasteiger charge is -2.10. The number of hydrogen-bond donors (Lipinski definition) is 2. The summed E-state index contributed by atoms with van der Waals surface area (Å²) in [7, 11) is 0. The van der Waals surface area contributed by atoms with Crippen LogP contribution in [0.1, 0.15) is 5.56 Å². The van der Waals surface area contributed by atoms with Gasteiger partial charge in [-0.1, -0.05) is 47.5 Å². The van der Waals surface area contributed by atoms with Gasteiger partial charge in [0, 0.05) is 12.7 Å². The zero-order valence-corrected chi connectivity index (χ0v) is 11.6. The van der Waals surface area contributed by atoms with Crippen LogP contribution in [0.25, 0.3) is 10.9 Å². The summed E-state index contributed by atoms with van der Waals surface area (Å²) in [4.78, 5) is 3.25. The maximum Gasteiger partial charge on any atom is 0.0823 e. The van der Waals surface area contributed by atoms with Crippen LogP contribution >= 0.6 is 23.2 Å². The average Bonchev–Trinajstić information content (AvgIpc) is 2.89. The van der Waals surface area contributed by atoms with Crippen molar-refractivity contribution in [3.05, 3.63) is 64.3 Å². The minimum atomic E-state index is 0.558. The molecule has 19 heavy (non-hydrogen) atoms. The van der Waals surface area contributed by atoms with E-state index < -0.39 is 0 Å². The SMILES string of the molecule is Clc1cccc(NCc2cccc3cc[nH]c23)c1Cl. The van der Waals surface area contributed by atoms with E-state index in [9.17, 15) is 0 Å². The Labute approximate surface area is 121 Å². The van der Waals surface area contributed by atoms with Gasteiger partial charge in [0.2, 0.25) is 0 Å². The number of halogens is 2. The van der Waals surface area contributed by atoms with Crippen molar-refractivity contribution in [1.82, 2.24) is 4.98 Å². The first-order valence-corrected chi connectivity index (χ1v) is 6.74. The van der Waals surface area contributed by atoms with Gasteiger partial charge in [0.25, 0.3) is 0 Å². The molecule has 0 fully saturated rings. The normalized spacial score (nSPS) is 10.8. The van der Waals surface area contributed by atoms with Gasteiger partial charge in [0.1, 0.15) is 0 Å². The Hall–Kier alpha value is -1.64. The van der Waals surface area contributed by atoms with Crippen molar-refractivity contribution in [3.63, 3.8) is 0 Å². The Balaban J connectivity index is 1.86. The summed E-state index contributed by atoms with van der Waals surface area (Å²) in [5.41, 5.74) is 3.18. The van der Waals surface area contributed by atoms with Crippen LogP contribution in [0.2, 0.25) is 10.0 Å². The fourth-order valence-corrected chi connectivity index (χ4v) is 2.50. The largest absolute Gasteiger partial charge is 0.380 e. The van der Waals surface area contributed by atoms with Crippen LogP contribution < -0.4 is 5.32 Å². The first kappa shape index (κ1) is 12.4. The van der Waals surface area contributed by atoms with E-state index in [0.717, 1.165) is 11.2 Å². The smallest absolute Gasteiger partial charge is 0.0823 e. The third-order valence-electron chi connectivity index (χ3n) is 3.09. The zero-order chi connectivity index (χ0) is 13.2. The predicted molar refractivity (Wildman–Crippen MR) is 82.1 cm³/mol. The van der Waals surface area contributed by atoms with Crippen LogP contribution in [0, 0.1) is 0 Å². The van der Waals surface area contributed by atoms with E-state index in [-0.39, 0.29) is 0 Å². The molecule has 1 heterocycles. The van der Waals surface area contributed by atoms with Gasteiger partial charge in [-0.25, -0.2) is 0 Å². The van der Waals surface area contributed by atoms with Gasteiger partial charge < -0.3 is 10.3 Å². The van der Waals surface area contributed by atoms with Crippen molar-refractivity contribution in [2.45, 2.75) is 6.54 Å². The van der Waals surface area contributed by atoms with Crippen molar-refractivity contribution in [3.8, 4) is 0 Å². The number of benzene rings is 2. The molecule has 2 nitrogen and oxygen atoms in total. The maximum absolute atomic E-state index is 6.15. The van der Waals surface area contributed by atoms with Crippen molar-refractivity contribution in [2.75, 3.05) is 5.32 Å². The molecule has 0 radical (unpaired) electrons. The second kappa shape index (κ2) is 5.16. The number of aromatic nitrogens is 1. The van der Waals surface area contributed by atoms with Crippen LogP contribution in [0.15, 0.2) is 48.7 Å². The van der Waals surface area contributed by atoms with Crippen molar-refractivity contribution in [1.29, 1.82) is 0 Å². The fraction of sp³-hybridized carbons (Fsp3) is 0.0667. The molecule has 0 saturated heterocycles. The van der Waals surface area contributed by atoms with Gasteiger partial charge in [-0.2, -0.15) is 0 Å². The van der Waals surface area contributed by atoms with Crippen LogP contribution in [-0.2, 0) is 6.54 Å². The highest BCUT2D eigenvalue weighted by atomic mass is 35.5. The average molecular weight is 291 g/mol. The third-order valence-corrected chi connectivity index (χ3v) is 3.91. The predicted octanol–water partition coefficient (Wildman–Crippen LogP) is 5.09. The number of nitrogens with one attached hydrogen (secondary N) is 2. The summed E-state index contributed by atoms with van der Waals surface area (Å²) in [5.74, 6) is 0. The number of H-pyrrole nitrogens is 1. The molecule has 4 heteroatoms. The van der Waals surface area contributed by atoms with Crippen molar-refractivity contribution >= 4 is 39.8 Å². The van der Waals surface area contributed by atoms with E-state index in [1.807, 2.05) is 24.4 Å². The minimum Gasteiger partial charge on any atom is -0.380 e. The number of hydrogen-bond acceptors (Lipinski definition) is 1. The zero-order valence-electron chi connectivity index (χ0n) is 10.1. The highest BCUT2D eigenvalue weighted by Gasteiger charge is 2.05. The third kappa shape index (κ3) is 2.42. The first-order chi connectivity index (χ1) is 9.25. The molecule has 0 spiro atoms. The van der Waals surface area contributed by atoms with Gasteiger partial charge >= 0.3 is 0 Å². The maximum atomic E-state index is 6.15. The molecule has 96 valence electrons. The van der Waals surface area contributed by atoms with Gasteiger partial charge in [-0.15, -0.1) is 0 Å². The van der Waals surface area contributed by atoms with Crippen molar-refractivity contribution in [2.24, 2.45) is 0 Å². The lowest BCUT2D eigenvalue weighted by molar-refractivity contribution is 1.16. The lowest BCUT2D eigenvalue weighted by Crippen LogP contribution is -2.00. The van der Waals surface area contributed by atoms with Crippen LogP contribution in [0.4, 0.5) is 5.69 Å². The molecule has 1 aromatic heterocycles. The van der Waals surface area contributed by atoms with Crippen molar-refractivity contribution < 1.29 is 0 Å². The Bertz CT molecular complexity index is 719. The lowest BCUT2D eigenvalue weighted by atomic mass is 10.1. The van der Waals surface area contributed by atoms with E-state index in [2.05, 4.69) is 28.5 Å². The summed E-state index contributed by atoms with van der Waals surface area (Å²) in [6.07, 6.45) is 1.94. The minimum absolute atomic E-state index is 0.558. The van der Waals surface area contributed by atoms with E-state index in [4.69, 9.17) is 23.2 Å². The molecule has 0 aliphatic rings. The quantitative estimate of drug-likeness (QED) is 0.691. The van der Waals surface area contributed by atoms with Crippen LogP contribution in [0.3, 0.4) is 0 Å². The fourth-order valence-electron chi connectivity index (χ4n) is 2.13. The molecule has 2 N–H and O–H groups in total. The number of anilines is 1. The van der Waals surface area contributed by atoms with E-state index in [1.54, 1.807) is 6.07 Å². The van der Waals surface area contributed by atoms with Gasteiger partial charge in [-0.05, 0) is 29.1 Å². The van der Waals surface area contributed by atoms with E-state index in [0.29, 0.717) is 16.6 Å². The topological polar surface area (TPSA) is 27.8 Å². The molecular formula is C15H12Cl2N2. The molecule has 0 aliphatic carbocycles. The summed E-state index contributed by atoms with van der Waals surface area (Å²) >= 11 is 12.1. The molecule has 2 aromatic carbocycles. The standard InChI is InChI=1S/C15H12Cl2N2/c16-12-5-2-6-13(14(12)17)19-9-11-4-1-3-10-7-8-18-15(10)11/h1-8,18-19H,9H2. The van der Waals surface area contributed by atoms with E-state index in [1.165, 1.54) is 10.9 Å². The molecule has 0 atom stereocenters. The molecule has 3 aromatic rings.